The monoisotopic (exact) mass is 438 g/mol. The molecule has 1 amide bonds. The van der Waals surface area contributed by atoms with Gasteiger partial charge in [-0.3, -0.25) is 9.78 Å². The average molecular weight is 439 g/mol. The zero-order chi connectivity index (χ0) is 22.1. The van der Waals surface area contributed by atoms with Crippen LogP contribution in [0.3, 0.4) is 0 Å². The van der Waals surface area contributed by atoms with Crippen LogP contribution in [0.25, 0.3) is 0 Å². The molecule has 1 aromatic heterocycles. The normalized spacial score (nSPS) is 12.1. The van der Waals surface area contributed by atoms with Crippen LogP contribution in [0.15, 0.2) is 78.2 Å². The van der Waals surface area contributed by atoms with Crippen molar-refractivity contribution in [3.8, 4) is 5.75 Å². The first-order chi connectivity index (χ1) is 15.0. The number of nitrogens with one attached hydrogen (secondary N) is 1. The van der Waals surface area contributed by atoms with Crippen molar-refractivity contribution < 1.29 is 14.4 Å². The van der Waals surface area contributed by atoms with Gasteiger partial charge < -0.3 is 20.6 Å². The lowest BCUT2D eigenvalue weighted by molar-refractivity contribution is -0.131. The van der Waals surface area contributed by atoms with Crippen LogP contribution in [-0.4, -0.2) is 22.8 Å². The van der Waals surface area contributed by atoms with Crippen molar-refractivity contribution in [1.82, 2.24) is 10.3 Å². The van der Waals surface area contributed by atoms with Crippen LogP contribution >= 0.6 is 11.6 Å². The number of amidine groups is 1. The van der Waals surface area contributed by atoms with Crippen molar-refractivity contribution in [2.24, 2.45) is 10.9 Å². The first-order valence-electron chi connectivity index (χ1n) is 9.65. The van der Waals surface area contributed by atoms with Gasteiger partial charge in [-0.25, -0.2) is 0 Å². The number of amides is 1. The molecule has 0 saturated heterocycles. The molecule has 2 aromatic carbocycles. The second kappa shape index (κ2) is 11.0. The lowest BCUT2D eigenvalue weighted by Gasteiger charge is -2.12. The van der Waals surface area contributed by atoms with Gasteiger partial charge in [-0.1, -0.05) is 41.0 Å². The van der Waals surface area contributed by atoms with Gasteiger partial charge in [-0.15, -0.1) is 0 Å². The highest BCUT2D eigenvalue weighted by atomic mass is 35.5. The van der Waals surface area contributed by atoms with Gasteiger partial charge in [0.1, 0.15) is 12.4 Å². The van der Waals surface area contributed by atoms with E-state index in [4.69, 9.17) is 26.9 Å². The van der Waals surface area contributed by atoms with Crippen molar-refractivity contribution in [3.63, 3.8) is 0 Å². The quantitative estimate of drug-likeness (QED) is 0.302. The summed E-state index contributed by atoms with van der Waals surface area (Å²) in [6, 6.07) is 18.2. The number of carbonyl (C=O) groups excluding carboxylic acids is 1. The second-order valence-corrected chi connectivity index (χ2v) is 7.11. The number of pyridine rings is 1. The Labute approximate surface area is 185 Å². The van der Waals surface area contributed by atoms with Crippen LogP contribution in [0, 0.1) is 0 Å². The van der Waals surface area contributed by atoms with Gasteiger partial charge >= 0.3 is 0 Å². The molecule has 160 valence electrons. The summed E-state index contributed by atoms with van der Waals surface area (Å²) >= 11 is 6.09. The Kier molecular flexibility index (Phi) is 7.84. The van der Waals surface area contributed by atoms with E-state index < -0.39 is 6.10 Å². The molecule has 8 heteroatoms. The highest BCUT2D eigenvalue weighted by Crippen LogP contribution is 2.15. The molecule has 31 heavy (non-hydrogen) atoms. The minimum absolute atomic E-state index is 0.157. The fourth-order valence-electron chi connectivity index (χ4n) is 2.58. The van der Waals surface area contributed by atoms with Crippen LogP contribution in [0.5, 0.6) is 5.75 Å². The second-order valence-electron chi connectivity index (χ2n) is 6.71. The van der Waals surface area contributed by atoms with E-state index in [0.29, 0.717) is 29.5 Å². The number of nitrogens with zero attached hydrogens (tertiary/aromatic N) is 2. The third-order valence-electron chi connectivity index (χ3n) is 4.37. The highest BCUT2D eigenvalue weighted by molar-refractivity contribution is 6.31. The van der Waals surface area contributed by atoms with Crippen LogP contribution in [0.1, 0.15) is 23.6 Å². The molecule has 0 aliphatic heterocycles. The molecule has 1 heterocycles. The fraction of sp³-hybridized carbons (Fsp3) is 0.174. The number of hydrogen-bond acceptors (Lipinski definition) is 5. The summed E-state index contributed by atoms with van der Waals surface area (Å²) in [6.45, 7) is 2.31. The van der Waals surface area contributed by atoms with E-state index in [0.717, 1.165) is 11.1 Å². The smallest absolute Gasteiger partial charge is 0.263 e. The van der Waals surface area contributed by atoms with Gasteiger partial charge in [0.05, 0.1) is 0 Å². The maximum absolute atomic E-state index is 12.2. The molecule has 0 aliphatic carbocycles. The number of oxime groups is 1. The lowest BCUT2D eigenvalue weighted by atomic mass is 10.2. The summed E-state index contributed by atoms with van der Waals surface area (Å²) in [5.41, 5.74) is 8.41. The summed E-state index contributed by atoms with van der Waals surface area (Å²) < 4.78 is 5.71. The van der Waals surface area contributed by atoms with Crippen LogP contribution in [0.4, 0.5) is 0 Å². The molecule has 1 atom stereocenters. The summed E-state index contributed by atoms with van der Waals surface area (Å²) in [5, 5.41) is 7.22. The minimum atomic E-state index is -0.817. The van der Waals surface area contributed by atoms with Gasteiger partial charge in [0, 0.05) is 35.1 Å². The third-order valence-corrected chi connectivity index (χ3v) is 4.74. The number of benzene rings is 2. The molecular formula is C23H23ClN4O3. The highest BCUT2D eigenvalue weighted by Gasteiger charge is 2.14. The van der Waals surface area contributed by atoms with Crippen molar-refractivity contribution in [2.75, 3.05) is 0 Å². The average Bonchev–Trinajstić information content (AvgIpc) is 2.81. The van der Waals surface area contributed by atoms with Gasteiger partial charge in [-0.05, 0) is 48.9 Å². The number of hydrogen-bond donors (Lipinski definition) is 2. The Morgan fingerprint density at radius 3 is 2.65 bits per heavy atom. The van der Waals surface area contributed by atoms with Gasteiger partial charge in [0.15, 0.2) is 5.84 Å². The standard InChI is InChI=1S/C23H23ClN4O3/c1-16(23(29)27-14-19-6-2-3-7-21(19)24)31-28-22(25)18-8-10-20(11-9-18)30-15-17-5-4-12-26-13-17/h2-13,16H,14-15H2,1H3,(H2,25,28)(H,27,29). The number of ether oxygens (including phenoxy) is 1. The third kappa shape index (κ3) is 6.72. The molecule has 0 aliphatic rings. The minimum Gasteiger partial charge on any atom is -0.489 e. The summed E-state index contributed by atoms with van der Waals surface area (Å²) in [7, 11) is 0. The SMILES string of the molecule is CC(ON=C(N)c1ccc(OCc2cccnc2)cc1)C(=O)NCc1ccccc1Cl. The Balaban J connectivity index is 1.48. The lowest BCUT2D eigenvalue weighted by Crippen LogP contribution is -2.33. The molecule has 3 rings (SSSR count). The van der Waals surface area contributed by atoms with Crippen LogP contribution in [-0.2, 0) is 22.8 Å². The summed E-state index contributed by atoms with van der Waals surface area (Å²) in [6.07, 6.45) is 2.65. The molecule has 3 aromatic rings. The molecule has 0 fully saturated rings. The number of rotatable bonds is 9. The van der Waals surface area contributed by atoms with E-state index in [2.05, 4.69) is 15.5 Å². The number of nitrogens with two attached hydrogens (primary N) is 1. The molecule has 1 unspecified atom stereocenters. The van der Waals surface area contributed by atoms with E-state index >= 15 is 0 Å². The zero-order valence-electron chi connectivity index (χ0n) is 17.0. The van der Waals surface area contributed by atoms with E-state index in [1.807, 2.05) is 30.3 Å². The number of halogens is 1. The maximum Gasteiger partial charge on any atom is 0.263 e. The topological polar surface area (TPSA) is 98.8 Å². The Morgan fingerprint density at radius 2 is 1.94 bits per heavy atom. The molecule has 3 N–H and O–H groups in total. The van der Waals surface area contributed by atoms with Crippen molar-refractivity contribution in [2.45, 2.75) is 26.2 Å². The molecule has 0 radical (unpaired) electrons. The Bertz CT molecular complexity index is 1030. The van der Waals surface area contributed by atoms with Crippen LogP contribution < -0.4 is 15.8 Å². The van der Waals surface area contributed by atoms with E-state index in [-0.39, 0.29) is 11.7 Å². The van der Waals surface area contributed by atoms with Crippen molar-refractivity contribution in [1.29, 1.82) is 0 Å². The Morgan fingerprint density at radius 1 is 1.16 bits per heavy atom. The number of carbonyl (C=O) groups is 1. The number of aromatic nitrogens is 1. The van der Waals surface area contributed by atoms with E-state index in [9.17, 15) is 4.79 Å². The zero-order valence-corrected chi connectivity index (χ0v) is 17.8. The summed E-state index contributed by atoms with van der Waals surface area (Å²) in [4.78, 5) is 21.5. The predicted molar refractivity (Wildman–Crippen MR) is 120 cm³/mol. The molecule has 7 nitrogen and oxygen atoms in total. The largest absolute Gasteiger partial charge is 0.489 e. The Hall–Kier alpha value is -3.58. The predicted octanol–water partition coefficient (Wildman–Crippen LogP) is 3.66. The molecule has 0 saturated carbocycles. The fourth-order valence-corrected chi connectivity index (χ4v) is 2.78. The first-order valence-corrected chi connectivity index (χ1v) is 10.0. The molecular weight excluding hydrogens is 416 g/mol. The van der Waals surface area contributed by atoms with E-state index in [1.165, 1.54) is 0 Å². The summed E-state index contributed by atoms with van der Waals surface area (Å²) in [5.74, 6) is 0.522. The van der Waals surface area contributed by atoms with E-state index in [1.54, 1.807) is 49.6 Å². The maximum atomic E-state index is 12.2. The molecule has 0 bridgehead atoms. The molecule has 0 spiro atoms. The van der Waals surface area contributed by atoms with Crippen molar-refractivity contribution in [3.05, 3.63) is 94.8 Å². The van der Waals surface area contributed by atoms with Gasteiger partial charge in [-0.2, -0.15) is 0 Å². The van der Waals surface area contributed by atoms with Crippen molar-refractivity contribution >= 4 is 23.3 Å². The van der Waals surface area contributed by atoms with Crippen LogP contribution in [0.2, 0.25) is 5.02 Å². The van der Waals surface area contributed by atoms with Gasteiger partial charge in [0.25, 0.3) is 5.91 Å². The van der Waals surface area contributed by atoms with Gasteiger partial charge in [0.2, 0.25) is 6.10 Å². The first kappa shape index (κ1) is 22.1.